The van der Waals surface area contributed by atoms with Crippen LogP contribution in [0.2, 0.25) is 0 Å². The van der Waals surface area contributed by atoms with Crippen LogP contribution in [0.4, 0.5) is 0 Å². The van der Waals surface area contributed by atoms with Crippen molar-refractivity contribution in [1.82, 2.24) is 0 Å². The van der Waals surface area contributed by atoms with E-state index in [1.165, 1.54) is 12.1 Å². The van der Waals surface area contributed by atoms with Gasteiger partial charge in [0, 0.05) is 16.3 Å². The molecule has 0 saturated carbocycles. The summed E-state index contributed by atoms with van der Waals surface area (Å²) in [6.45, 7) is 0. The van der Waals surface area contributed by atoms with Crippen LogP contribution in [0, 0.1) is 0 Å². The lowest BCUT2D eigenvalue weighted by Gasteiger charge is -2.15. The topological polar surface area (TPSA) is 122 Å². The van der Waals surface area contributed by atoms with Crippen molar-refractivity contribution in [2.45, 2.75) is 9.79 Å². The van der Waals surface area contributed by atoms with Gasteiger partial charge in [0.2, 0.25) is 0 Å². The molecule has 0 amide bonds. The lowest BCUT2D eigenvalue weighted by molar-refractivity contribution is 0.467. The molecule has 166 valence electrons. The molecule has 0 saturated heterocycles. The van der Waals surface area contributed by atoms with Crippen molar-refractivity contribution in [2.24, 2.45) is 0 Å². The molecule has 1 aromatic heterocycles. The molecule has 0 radical (unpaired) electrons. The number of benzene rings is 4. The number of furan rings is 1. The van der Waals surface area contributed by atoms with Crippen molar-refractivity contribution < 1.29 is 30.4 Å². The summed E-state index contributed by atoms with van der Waals surface area (Å²) in [6, 6.07) is 23.4. The second kappa shape index (κ2) is 7.53. The smallest absolute Gasteiger partial charge is 0.296 e. The van der Waals surface area contributed by atoms with Gasteiger partial charge in [-0.05, 0) is 34.9 Å². The molecule has 4 aromatic carbocycles. The lowest BCUT2D eigenvalue weighted by Crippen LogP contribution is -2.10. The Labute approximate surface area is 189 Å². The van der Waals surface area contributed by atoms with E-state index in [1.807, 2.05) is 36.4 Å². The Kier molecular flexibility index (Phi) is 4.87. The molecule has 7 nitrogen and oxygen atoms in total. The van der Waals surface area contributed by atoms with Crippen LogP contribution in [0.25, 0.3) is 44.2 Å². The number of fused-ring (bicyclic) bond motifs is 3. The van der Waals surface area contributed by atoms with E-state index < -0.39 is 30.0 Å². The maximum absolute atomic E-state index is 12.3. The summed E-state index contributed by atoms with van der Waals surface area (Å²) in [5.74, 6) is 0. The molecule has 0 aliphatic heterocycles. The summed E-state index contributed by atoms with van der Waals surface area (Å²) in [5.41, 5.74) is 2.93. The third-order valence-electron chi connectivity index (χ3n) is 5.42. The van der Waals surface area contributed by atoms with Crippen LogP contribution < -0.4 is 0 Å². The molecule has 0 unspecified atom stereocenters. The third kappa shape index (κ3) is 3.61. The van der Waals surface area contributed by atoms with Gasteiger partial charge >= 0.3 is 0 Å². The number of hydrogen-bond acceptors (Lipinski definition) is 5. The maximum atomic E-state index is 12.3. The number of hydrogen-bond donors (Lipinski definition) is 2. The fourth-order valence-electron chi connectivity index (χ4n) is 4.15. The SMILES string of the molecule is O=S(=O)(O)c1cccc(-c2ccccc2-c2cccc3oc4ccccc4c23)c1S(=O)(=O)O. The van der Waals surface area contributed by atoms with E-state index in [2.05, 4.69) is 0 Å². The Hall–Kier alpha value is -3.50. The van der Waals surface area contributed by atoms with E-state index in [0.717, 1.165) is 22.4 Å². The predicted molar refractivity (Wildman–Crippen MR) is 124 cm³/mol. The van der Waals surface area contributed by atoms with Gasteiger partial charge < -0.3 is 4.42 Å². The summed E-state index contributed by atoms with van der Waals surface area (Å²) >= 11 is 0. The van der Waals surface area contributed by atoms with Crippen LogP contribution >= 0.6 is 0 Å². The van der Waals surface area contributed by atoms with Crippen LogP contribution in [-0.4, -0.2) is 25.9 Å². The number of para-hydroxylation sites is 1. The predicted octanol–water partition coefficient (Wildman–Crippen LogP) is 5.41. The minimum Gasteiger partial charge on any atom is -0.456 e. The molecular formula is C24H16O7S2. The molecule has 0 bridgehead atoms. The molecule has 0 aliphatic carbocycles. The Morgan fingerprint density at radius 2 is 1.09 bits per heavy atom. The van der Waals surface area contributed by atoms with Crippen LogP contribution in [0.3, 0.4) is 0 Å². The molecule has 0 fully saturated rings. The monoisotopic (exact) mass is 480 g/mol. The summed E-state index contributed by atoms with van der Waals surface area (Å²) in [7, 11) is -9.95. The minimum atomic E-state index is -5.02. The second-order valence-corrected chi connectivity index (χ2v) is 10.2. The summed E-state index contributed by atoms with van der Waals surface area (Å²) in [5, 5.41) is 1.67. The Bertz CT molecular complexity index is 1770. The molecule has 33 heavy (non-hydrogen) atoms. The summed E-state index contributed by atoms with van der Waals surface area (Å²) in [4.78, 5) is -1.78. The highest BCUT2D eigenvalue weighted by Gasteiger charge is 2.29. The molecule has 5 rings (SSSR count). The van der Waals surface area contributed by atoms with Gasteiger partial charge in [0.05, 0.1) is 0 Å². The molecule has 9 heteroatoms. The zero-order valence-electron chi connectivity index (χ0n) is 16.8. The fraction of sp³-hybridized carbons (Fsp3) is 0. The first-order chi connectivity index (χ1) is 15.7. The molecule has 5 aromatic rings. The first kappa shape index (κ1) is 21.4. The van der Waals surface area contributed by atoms with Crippen LogP contribution in [0.5, 0.6) is 0 Å². The molecule has 2 N–H and O–H groups in total. The minimum absolute atomic E-state index is 0.0620. The van der Waals surface area contributed by atoms with Crippen molar-refractivity contribution >= 4 is 42.2 Å². The summed E-state index contributed by atoms with van der Waals surface area (Å²) in [6.07, 6.45) is 0. The number of rotatable bonds is 4. The van der Waals surface area contributed by atoms with Gasteiger partial charge in [0.15, 0.2) is 0 Å². The van der Waals surface area contributed by atoms with Gasteiger partial charge in [-0.3, -0.25) is 9.11 Å². The first-order valence-electron chi connectivity index (χ1n) is 9.74. The van der Waals surface area contributed by atoms with E-state index in [9.17, 15) is 25.9 Å². The fourth-order valence-corrected chi connectivity index (χ4v) is 6.15. The highest BCUT2D eigenvalue weighted by Crippen LogP contribution is 2.42. The third-order valence-corrected chi connectivity index (χ3v) is 7.41. The molecule has 0 atom stereocenters. The van der Waals surface area contributed by atoms with Gasteiger partial charge in [-0.1, -0.05) is 66.7 Å². The second-order valence-electron chi connectivity index (χ2n) is 7.41. The van der Waals surface area contributed by atoms with Crippen molar-refractivity contribution in [3.05, 3.63) is 84.9 Å². The summed E-state index contributed by atoms with van der Waals surface area (Å²) < 4.78 is 73.8. The first-order valence-corrected chi connectivity index (χ1v) is 12.6. The van der Waals surface area contributed by atoms with E-state index in [0.29, 0.717) is 22.3 Å². The highest BCUT2D eigenvalue weighted by molar-refractivity contribution is 7.89. The van der Waals surface area contributed by atoms with E-state index in [4.69, 9.17) is 4.42 Å². The van der Waals surface area contributed by atoms with Gasteiger partial charge in [-0.15, -0.1) is 0 Å². The zero-order valence-corrected chi connectivity index (χ0v) is 18.5. The molecule has 0 spiro atoms. The van der Waals surface area contributed by atoms with Gasteiger partial charge in [-0.25, -0.2) is 0 Å². The average Bonchev–Trinajstić information content (AvgIpc) is 3.16. The molecule has 0 aliphatic rings. The normalized spacial score (nSPS) is 12.4. The molecule has 1 heterocycles. The van der Waals surface area contributed by atoms with Gasteiger partial charge in [-0.2, -0.15) is 16.8 Å². The highest BCUT2D eigenvalue weighted by atomic mass is 32.2. The Morgan fingerprint density at radius 1 is 0.545 bits per heavy atom. The maximum Gasteiger partial charge on any atom is 0.296 e. The van der Waals surface area contributed by atoms with Crippen molar-refractivity contribution in [3.63, 3.8) is 0 Å². The van der Waals surface area contributed by atoms with Gasteiger partial charge in [0.25, 0.3) is 20.2 Å². The Balaban J connectivity index is 1.90. The van der Waals surface area contributed by atoms with Crippen molar-refractivity contribution in [2.75, 3.05) is 0 Å². The van der Waals surface area contributed by atoms with Crippen LogP contribution in [-0.2, 0) is 20.2 Å². The van der Waals surface area contributed by atoms with Crippen LogP contribution in [0.15, 0.2) is 99.1 Å². The van der Waals surface area contributed by atoms with Crippen molar-refractivity contribution in [1.29, 1.82) is 0 Å². The van der Waals surface area contributed by atoms with E-state index in [1.54, 1.807) is 30.3 Å². The van der Waals surface area contributed by atoms with E-state index in [-0.39, 0.29) is 5.56 Å². The quantitative estimate of drug-likeness (QED) is 0.330. The van der Waals surface area contributed by atoms with Crippen LogP contribution in [0.1, 0.15) is 0 Å². The largest absolute Gasteiger partial charge is 0.456 e. The van der Waals surface area contributed by atoms with Gasteiger partial charge in [0.1, 0.15) is 21.0 Å². The van der Waals surface area contributed by atoms with E-state index >= 15 is 0 Å². The molecular weight excluding hydrogens is 464 g/mol. The van der Waals surface area contributed by atoms with Crippen molar-refractivity contribution in [3.8, 4) is 22.3 Å². The lowest BCUT2D eigenvalue weighted by atomic mass is 9.92. The Morgan fingerprint density at radius 3 is 1.79 bits per heavy atom. The standard InChI is InChI=1S/C24H16O7S2/c25-32(26,27)22-14-6-11-18(24(22)33(28,29)30)16-8-2-1-7-15(16)17-10-5-13-21-23(17)19-9-3-4-12-20(19)31-21/h1-14H,(H,25,26,27)(H,28,29,30). The zero-order chi connectivity index (χ0) is 23.4. The average molecular weight is 481 g/mol.